The number of hydrogen-bond acceptors (Lipinski definition) is 3. The first-order valence-electron chi connectivity index (χ1n) is 9.21. The van der Waals surface area contributed by atoms with Gasteiger partial charge in [0.15, 0.2) is 0 Å². The van der Waals surface area contributed by atoms with Gasteiger partial charge in [0.25, 0.3) is 0 Å². The van der Waals surface area contributed by atoms with Crippen molar-refractivity contribution in [2.24, 2.45) is 10.1 Å². The molecule has 4 aromatic rings. The largest absolute Gasteiger partial charge is 0.354 e. The van der Waals surface area contributed by atoms with E-state index in [0.29, 0.717) is 11.3 Å². The lowest BCUT2D eigenvalue weighted by molar-refractivity contribution is 0.627. The number of aromatic amines is 1. The van der Waals surface area contributed by atoms with Gasteiger partial charge in [-0.2, -0.15) is 5.10 Å². The Bertz CT molecular complexity index is 1250. The van der Waals surface area contributed by atoms with E-state index >= 15 is 0 Å². The first-order chi connectivity index (χ1) is 14.6. The van der Waals surface area contributed by atoms with Crippen LogP contribution in [-0.4, -0.2) is 22.4 Å². The van der Waals surface area contributed by atoms with Gasteiger partial charge in [-0.25, -0.2) is 13.5 Å². The zero-order chi connectivity index (χ0) is 20.9. The molecule has 0 saturated heterocycles. The molecule has 0 radical (unpaired) electrons. The van der Waals surface area contributed by atoms with Crippen LogP contribution in [0.3, 0.4) is 0 Å². The molecule has 2 aromatic heterocycles. The van der Waals surface area contributed by atoms with E-state index < -0.39 is 0 Å². The summed E-state index contributed by atoms with van der Waals surface area (Å²) < 4.78 is 28.2. The molecular weight excluding hydrogens is 402 g/mol. The lowest BCUT2D eigenvalue weighted by atomic mass is 10.1. The number of nitrogens with one attached hydrogen (secondary N) is 1. The predicted molar refractivity (Wildman–Crippen MR) is 118 cm³/mol. The molecule has 0 aliphatic rings. The molecule has 30 heavy (non-hydrogen) atoms. The van der Waals surface area contributed by atoms with Gasteiger partial charge in [-0.05, 0) is 66.2 Å². The van der Waals surface area contributed by atoms with Crippen molar-refractivity contribution in [3.8, 4) is 22.5 Å². The summed E-state index contributed by atoms with van der Waals surface area (Å²) in [6.45, 7) is 4.17. The minimum Gasteiger partial charge on any atom is -0.354 e. The predicted octanol–water partition coefficient (Wildman–Crippen LogP) is 5.46. The van der Waals surface area contributed by atoms with Crippen LogP contribution in [0.1, 0.15) is 5.69 Å². The number of nitrogens with zero attached hydrogens (tertiary/aromatic N) is 3. The van der Waals surface area contributed by atoms with Gasteiger partial charge in [-0.3, -0.25) is 4.99 Å². The third-order valence-electron chi connectivity index (χ3n) is 4.36. The number of benzene rings is 2. The van der Waals surface area contributed by atoms with Crippen LogP contribution in [0.25, 0.3) is 22.5 Å². The summed E-state index contributed by atoms with van der Waals surface area (Å²) in [4.78, 5) is 8.46. The maximum atomic E-state index is 13.3. The minimum atomic E-state index is -0.291. The van der Waals surface area contributed by atoms with E-state index in [4.69, 9.17) is 0 Å². The molecule has 0 atom stereocenters. The van der Waals surface area contributed by atoms with Crippen LogP contribution in [0, 0.1) is 11.6 Å². The van der Waals surface area contributed by atoms with Crippen molar-refractivity contribution in [2.45, 2.75) is 0 Å². The Morgan fingerprint density at radius 2 is 1.60 bits per heavy atom. The van der Waals surface area contributed by atoms with Crippen molar-refractivity contribution in [1.29, 1.82) is 0 Å². The van der Waals surface area contributed by atoms with Crippen molar-refractivity contribution in [3.63, 3.8) is 0 Å². The summed E-state index contributed by atoms with van der Waals surface area (Å²) >= 11 is 1.45. The van der Waals surface area contributed by atoms with Crippen molar-refractivity contribution >= 4 is 17.6 Å². The highest BCUT2D eigenvalue weighted by molar-refractivity contribution is 7.07. The average molecular weight is 420 g/mol. The van der Waals surface area contributed by atoms with E-state index in [9.17, 15) is 8.78 Å². The molecule has 2 heterocycles. The average Bonchev–Trinajstić information content (AvgIpc) is 3.39. The van der Waals surface area contributed by atoms with Crippen molar-refractivity contribution in [3.05, 3.63) is 101 Å². The molecule has 7 heteroatoms. The Hall–Kier alpha value is -3.58. The topological polar surface area (TPSA) is 45.4 Å². The smallest absolute Gasteiger partial charge is 0.206 e. The summed E-state index contributed by atoms with van der Waals surface area (Å²) in [5.41, 5.74) is 4.18. The zero-order valence-electron chi connectivity index (χ0n) is 15.9. The Morgan fingerprint density at radius 3 is 2.27 bits per heavy atom. The van der Waals surface area contributed by atoms with Gasteiger partial charge in [-0.15, -0.1) is 17.9 Å². The first kappa shape index (κ1) is 19.7. The summed E-state index contributed by atoms with van der Waals surface area (Å²) in [6, 6.07) is 16.3. The second-order valence-electron chi connectivity index (χ2n) is 6.43. The standard InChI is InChI=1S/C23H18F2N4S/c1-2-13-26-23-29(22(15-30-23)17-5-9-19(25)10-6-17)27-14-20-11-12-21(28-20)16-3-7-18(24)8-4-16/h2-12,14-15,28H,1,13H2. The summed E-state index contributed by atoms with van der Waals surface area (Å²) in [5, 5.41) is 6.53. The van der Waals surface area contributed by atoms with E-state index in [1.165, 1.54) is 35.6 Å². The van der Waals surface area contributed by atoms with Gasteiger partial charge in [0, 0.05) is 16.6 Å². The van der Waals surface area contributed by atoms with E-state index in [1.807, 2.05) is 17.5 Å². The van der Waals surface area contributed by atoms with Crippen LogP contribution in [0.5, 0.6) is 0 Å². The number of thiazole rings is 1. The van der Waals surface area contributed by atoms with Crippen molar-refractivity contribution < 1.29 is 8.78 Å². The molecule has 2 aromatic carbocycles. The Balaban J connectivity index is 1.68. The van der Waals surface area contributed by atoms with Gasteiger partial charge < -0.3 is 4.98 Å². The molecule has 4 rings (SSSR count). The quantitative estimate of drug-likeness (QED) is 0.318. The second-order valence-corrected chi connectivity index (χ2v) is 7.27. The lowest BCUT2D eigenvalue weighted by Gasteiger charge is -2.03. The third kappa shape index (κ3) is 4.36. The molecule has 1 N–H and O–H groups in total. The SMILES string of the molecule is C=CCN=c1scc(-c2ccc(F)cc2)n1N=Cc1ccc(-c2ccc(F)cc2)[nH]1. The number of halogens is 2. The molecule has 0 unspecified atom stereocenters. The molecule has 0 aliphatic carbocycles. The molecule has 0 fully saturated rings. The second kappa shape index (κ2) is 8.84. The third-order valence-corrected chi connectivity index (χ3v) is 5.21. The van der Waals surface area contributed by atoms with Crippen LogP contribution >= 0.6 is 11.3 Å². The highest BCUT2D eigenvalue weighted by Gasteiger charge is 2.08. The van der Waals surface area contributed by atoms with E-state index in [-0.39, 0.29) is 11.6 Å². The van der Waals surface area contributed by atoms with Crippen molar-refractivity contribution in [2.75, 3.05) is 6.54 Å². The van der Waals surface area contributed by atoms with Crippen molar-refractivity contribution in [1.82, 2.24) is 9.66 Å². The molecule has 4 nitrogen and oxygen atoms in total. The number of H-pyrrole nitrogens is 1. The van der Waals surface area contributed by atoms with Gasteiger partial charge in [0.2, 0.25) is 4.80 Å². The molecular formula is C23H18F2N4S. The van der Waals surface area contributed by atoms with Gasteiger partial charge in [0.1, 0.15) is 11.6 Å². The fourth-order valence-corrected chi connectivity index (χ4v) is 3.73. The molecule has 0 bridgehead atoms. The monoisotopic (exact) mass is 420 g/mol. The van der Waals surface area contributed by atoms with E-state index in [2.05, 4.69) is 21.7 Å². The van der Waals surface area contributed by atoms with Gasteiger partial charge in [-0.1, -0.05) is 6.08 Å². The zero-order valence-corrected chi connectivity index (χ0v) is 16.7. The molecule has 150 valence electrons. The van der Waals surface area contributed by atoms with Gasteiger partial charge >= 0.3 is 0 Å². The Labute approximate surface area is 176 Å². The molecule has 0 aliphatic heterocycles. The van der Waals surface area contributed by atoms with E-state index in [0.717, 1.165) is 28.2 Å². The Morgan fingerprint density at radius 1 is 0.933 bits per heavy atom. The highest BCUT2D eigenvalue weighted by Crippen LogP contribution is 2.21. The highest BCUT2D eigenvalue weighted by atomic mass is 32.1. The van der Waals surface area contributed by atoms with Crippen LogP contribution in [0.2, 0.25) is 0 Å². The lowest BCUT2D eigenvalue weighted by Crippen LogP contribution is -2.12. The summed E-state index contributed by atoms with van der Waals surface area (Å²) in [5.74, 6) is -0.564. The number of aromatic nitrogens is 2. The maximum absolute atomic E-state index is 13.3. The van der Waals surface area contributed by atoms with E-state index in [1.54, 1.807) is 41.2 Å². The minimum absolute atomic E-state index is 0.273. The molecule has 0 saturated carbocycles. The normalized spacial score (nSPS) is 12.0. The van der Waals surface area contributed by atoms with Crippen LogP contribution < -0.4 is 4.80 Å². The number of rotatable bonds is 6. The molecule has 0 spiro atoms. The fraction of sp³-hybridized carbons (Fsp3) is 0.0435. The van der Waals surface area contributed by atoms with Crippen LogP contribution in [-0.2, 0) is 0 Å². The Kier molecular flexibility index (Phi) is 5.81. The fourth-order valence-electron chi connectivity index (χ4n) is 2.89. The molecule has 0 amide bonds. The van der Waals surface area contributed by atoms with Crippen LogP contribution in [0.15, 0.2) is 88.8 Å². The maximum Gasteiger partial charge on any atom is 0.206 e. The van der Waals surface area contributed by atoms with Gasteiger partial charge in [0.05, 0.1) is 24.1 Å². The summed E-state index contributed by atoms with van der Waals surface area (Å²) in [7, 11) is 0. The summed E-state index contributed by atoms with van der Waals surface area (Å²) in [6.07, 6.45) is 3.41. The number of hydrogen-bond donors (Lipinski definition) is 1. The van der Waals surface area contributed by atoms with Crippen LogP contribution in [0.4, 0.5) is 8.78 Å². The first-order valence-corrected chi connectivity index (χ1v) is 10.1.